The summed E-state index contributed by atoms with van der Waals surface area (Å²) in [6.07, 6.45) is 5.28. The molecule has 2 fully saturated rings. The summed E-state index contributed by atoms with van der Waals surface area (Å²) in [7, 11) is 0. The molecule has 3 heteroatoms. The van der Waals surface area contributed by atoms with Crippen molar-refractivity contribution >= 4 is 0 Å². The SMILES string of the molecule is CC1CCC(COCC2OCCO2)CC1. The molecule has 0 radical (unpaired) electrons. The highest BCUT2D eigenvalue weighted by molar-refractivity contribution is 4.69. The maximum atomic E-state index is 5.64. The van der Waals surface area contributed by atoms with Gasteiger partial charge in [0.2, 0.25) is 0 Å². The quantitative estimate of drug-likeness (QED) is 0.718. The largest absolute Gasteiger partial charge is 0.376 e. The molecule has 2 rings (SSSR count). The Morgan fingerprint density at radius 2 is 1.67 bits per heavy atom. The van der Waals surface area contributed by atoms with E-state index >= 15 is 0 Å². The molecular formula is C12H22O3. The maximum Gasteiger partial charge on any atom is 0.181 e. The smallest absolute Gasteiger partial charge is 0.181 e. The van der Waals surface area contributed by atoms with Gasteiger partial charge >= 0.3 is 0 Å². The van der Waals surface area contributed by atoms with Gasteiger partial charge in [-0.15, -0.1) is 0 Å². The molecule has 0 N–H and O–H groups in total. The lowest BCUT2D eigenvalue weighted by Crippen LogP contribution is -2.22. The Hall–Kier alpha value is -0.120. The van der Waals surface area contributed by atoms with E-state index < -0.39 is 0 Å². The van der Waals surface area contributed by atoms with Crippen molar-refractivity contribution < 1.29 is 14.2 Å². The molecule has 1 aliphatic heterocycles. The minimum atomic E-state index is -0.104. The first kappa shape index (κ1) is 11.4. The van der Waals surface area contributed by atoms with Crippen LogP contribution in [0.25, 0.3) is 0 Å². The van der Waals surface area contributed by atoms with Crippen molar-refractivity contribution in [3.05, 3.63) is 0 Å². The highest BCUT2D eigenvalue weighted by Gasteiger charge is 2.20. The molecule has 3 nitrogen and oxygen atoms in total. The molecule has 1 saturated carbocycles. The van der Waals surface area contributed by atoms with E-state index in [1.807, 2.05) is 0 Å². The standard InChI is InChI=1S/C12H22O3/c1-10-2-4-11(5-3-10)8-13-9-12-14-6-7-15-12/h10-12H,2-9H2,1H3. The van der Waals surface area contributed by atoms with Gasteiger partial charge in [-0.25, -0.2) is 0 Å². The van der Waals surface area contributed by atoms with Crippen molar-refractivity contribution in [2.45, 2.75) is 38.9 Å². The normalized spacial score (nSPS) is 33.4. The molecular weight excluding hydrogens is 192 g/mol. The number of hydrogen-bond acceptors (Lipinski definition) is 3. The second-order valence-corrected chi connectivity index (χ2v) is 4.83. The van der Waals surface area contributed by atoms with Crippen LogP contribution in [0.5, 0.6) is 0 Å². The summed E-state index contributed by atoms with van der Waals surface area (Å²) in [6.45, 7) is 5.27. The highest BCUT2D eigenvalue weighted by Crippen LogP contribution is 2.28. The van der Waals surface area contributed by atoms with E-state index in [9.17, 15) is 0 Å². The summed E-state index contributed by atoms with van der Waals surface area (Å²) in [5.74, 6) is 1.69. The predicted octanol–water partition coefficient (Wildman–Crippen LogP) is 2.20. The predicted molar refractivity (Wildman–Crippen MR) is 57.6 cm³/mol. The summed E-state index contributed by atoms with van der Waals surface area (Å²) in [6, 6.07) is 0. The van der Waals surface area contributed by atoms with Crippen LogP contribution in [0.4, 0.5) is 0 Å². The zero-order valence-electron chi connectivity index (χ0n) is 9.61. The van der Waals surface area contributed by atoms with Crippen LogP contribution >= 0.6 is 0 Å². The van der Waals surface area contributed by atoms with E-state index in [0.717, 1.165) is 31.7 Å². The Morgan fingerprint density at radius 3 is 2.33 bits per heavy atom. The van der Waals surface area contributed by atoms with Crippen molar-refractivity contribution in [3.8, 4) is 0 Å². The minimum Gasteiger partial charge on any atom is -0.376 e. The van der Waals surface area contributed by atoms with Gasteiger partial charge in [-0.2, -0.15) is 0 Å². The molecule has 15 heavy (non-hydrogen) atoms. The highest BCUT2D eigenvalue weighted by atomic mass is 16.7. The van der Waals surface area contributed by atoms with E-state index in [0.29, 0.717) is 6.61 Å². The van der Waals surface area contributed by atoms with E-state index in [2.05, 4.69) is 6.92 Å². The van der Waals surface area contributed by atoms with Crippen LogP contribution in [0.1, 0.15) is 32.6 Å². The van der Waals surface area contributed by atoms with Crippen LogP contribution in [-0.2, 0) is 14.2 Å². The van der Waals surface area contributed by atoms with Crippen LogP contribution in [0.15, 0.2) is 0 Å². The van der Waals surface area contributed by atoms with Gasteiger partial charge in [-0.1, -0.05) is 19.8 Å². The van der Waals surface area contributed by atoms with Crippen LogP contribution in [-0.4, -0.2) is 32.7 Å². The van der Waals surface area contributed by atoms with Crippen molar-refractivity contribution in [2.24, 2.45) is 11.8 Å². The molecule has 0 spiro atoms. The molecule has 0 unspecified atom stereocenters. The van der Waals surface area contributed by atoms with Crippen molar-refractivity contribution in [1.82, 2.24) is 0 Å². The third-order valence-electron chi connectivity index (χ3n) is 3.43. The first-order valence-electron chi connectivity index (χ1n) is 6.15. The Labute approximate surface area is 92.1 Å². The average Bonchev–Trinajstić information content (AvgIpc) is 2.74. The second kappa shape index (κ2) is 5.83. The van der Waals surface area contributed by atoms with Gasteiger partial charge in [0.25, 0.3) is 0 Å². The van der Waals surface area contributed by atoms with Gasteiger partial charge in [0.1, 0.15) is 0 Å². The molecule has 0 bridgehead atoms. The zero-order chi connectivity index (χ0) is 10.5. The number of ether oxygens (including phenoxy) is 3. The lowest BCUT2D eigenvalue weighted by atomic mass is 9.83. The average molecular weight is 214 g/mol. The Bertz CT molecular complexity index is 170. The lowest BCUT2D eigenvalue weighted by Gasteiger charge is -2.26. The summed E-state index contributed by atoms with van der Waals surface area (Å²) in [5, 5.41) is 0. The van der Waals surface area contributed by atoms with E-state index in [1.54, 1.807) is 0 Å². The summed E-state index contributed by atoms with van der Waals surface area (Å²) >= 11 is 0. The number of hydrogen-bond donors (Lipinski definition) is 0. The molecule has 1 heterocycles. The molecule has 0 aromatic heterocycles. The van der Waals surface area contributed by atoms with Gasteiger partial charge in [0.15, 0.2) is 6.29 Å². The number of rotatable bonds is 4. The fourth-order valence-corrected chi connectivity index (χ4v) is 2.33. The lowest BCUT2D eigenvalue weighted by molar-refractivity contribution is -0.0998. The van der Waals surface area contributed by atoms with Crippen LogP contribution in [0, 0.1) is 11.8 Å². The third-order valence-corrected chi connectivity index (χ3v) is 3.43. The first-order valence-corrected chi connectivity index (χ1v) is 6.15. The third kappa shape index (κ3) is 3.74. The van der Waals surface area contributed by atoms with Crippen LogP contribution < -0.4 is 0 Å². The molecule has 88 valence electrons. The molecule has 0 amide bonds. The van der Waals surface area contributed by atoms with Gasteiger partial charge < -0.3 is 14.2 Å². The Morgan fingerprint density at radius 1 is 1.00 bits per heavy atom. The van der Waals surface area contributed by atoms with E-state index in [1.165, 1.54) is 25.7 Å². The van der Waals surface area contributed by atoms with Crippen molar-refractivity contribution in [3.63, 3.8) is 0 Å². The summed E-state index contributed by atoms with van der Waals surface area (Å²) < 4.78 is 16.3. The van der Waals surface area contributed by atoms with Gasteiger partial charge in [0, 0.05) is 6.61 Å². The fourth-order valence-electron chi connectivity index (χ4n) is 2.33. The van der Waals surface area contributed by atoms with Gasteiger partial charge in [-0.3, -0.25) is 0 Å². The summed E-state index contributed by atoms with van der Waals surface area (Å²) in [5.41, 5.74) is 0. The van der Waals surface area contributed by atoms with Gasteiger partial charge in [-0.05, 0) is 24.7 Å². The van der Waals surface area contributed by atoms with Crippen LogP contribution in [0.2, 0.25) is 0 Å². The molecule has 0 atom stereocenters. The fraction of sp³-hybridized carbons (Fsp3) is 1.00. The molecule has 1 saturated heterocycles. The van der Waals surface area contributed by atoms with E-state index in [4.69, 9.17) is 14.2 Å². The van der Waals surface area contributed by atoms with Gasteiger partial charge in [0.05, 0.1) is 19.8 Å². The maximum absolute atomic E-state index is 5.64. The Kier molecular flexibility index (Phi) is 4.42. The van der Waals surface area contributed by atoms with Crippen molar-refractivity contribution in [2.75, 3.05) is 26.4 Å². The molecule has 2 aliphatic rings. The zero-order valence-corrected chi connectivity index (χ0v) is 9.61. The van der Waals surface area contributed by atoms with E-state index in [-0.39, 0.29) is 6.29 Å². The summed E-state index contributed by atoms with van der Waals surface area (Å²) in [4.78, 5) is 0. The Balaban J connectivity index is 1.53. The van der Waals surface area contributed by atoms with Crippen LogP contribution in [0.3, 0.4) is 0 Å². The molecule has 0 aromatic rings. The van der Waals surface area contributed by atoms with Crippen molar-refractivity contribution in [1.29, 1.82) is 0 Å². The molecule has 0 aromatic carbocycles. The minimum absolute atomic E-state index is 0.104. The molecule has 1 aliphatic carbocycles. The first-order chi connectivity index (χ1) is 7.34. The monoisotopic (exact) mass is 214 g/mol. The topological polar surface area (TPSA) is 27.7 Å². The second-order valence-electron chi connectivity index (χ2n) is 4.83.